The first-order chi connectivity index (χ1) is 9.56. The van der Waals surface area contributed by atoms with Crippen molar-refractivity contribution in [3.05, 3.63) is 54.0 Å². The molecule has 0 spiro atoms. The second-order valence-electron chi connectivity index (χ2n) is 4.78. The van der Waals surface area contributed by atoms with Crippen LogP contribution in [0.5, 0.6) is 0 Å². The minimum Gasteiger partial charge on any atom is -0.467 e. The number of rotatable bonds is 4. The summed E-state index contributed by atoms with van der Waals surface area (Å²) < 4.78 is 5.22. The Balaban J connectivity index is 1.98. The maximum atomic E-state index is 12.1. The number of carbonyl (C=O) groups is 1. The fourth-order valence-electron chi connectivity index (χ4n) is 1.83. The molecule has 0 saturated heterocycles. The third-order valence-electron chi connectivity index (χ3n) is 2.98. The second kappa shape index (κ2) is 6.25. The van der Waals surface area contributed by atoms with Crippen molar-refractivity contribution in [2.75, 3.05) is 12.4 Å². The molecule has 5 nitrogen and oxygen atoms in total. The van der Waals surface area contributed by atoms with Crippen molar-refractivity contribution in [3.63, 3.8) is 0 Å². The van der Waals surface area contributed by atoms with Crippen molar-refractivity contribution < 1.29 is 9.21 Å². The summed E-state index contributed by atoms with van der Waals surface area (Å²) in [5, 5.41) is 2.84. The Morgan fingerprint density at radius 2 is 2.20 bits per heavy atom. The zero-order valence-corrected chi connectivity index (χ0v) is 11.7. The Kier molecular flexibility index (Phi) is 4.42. The van der Waals surface area contributed by atoms with Gasteiger partial charge in [-0.3, -0.25) is 0 Å². The maximum Gasteiger partial charge on any atom is 0.321 e. The lowest BCUT2D eigenvalue weighted by Gasteiger charge is -2.17. The van der Waals surface area contributed by atoms with Crippen molar-refractivity contribution >= 4 is 11.7 Å². The van der Waals surface area contributed by atoms with Gasteiger partial charge in [-0.2, -0.15) is 0 Å². The van der Waals surface area contributed by atoms with Gasteiger partial charge in [-0.1, -0.05) is 12.1 Å². The first-order valence-electron chi connectivity index (χ1n) is 6.46. The highest BCUT2D eigenvalue weighted by Gasteiger charge is 2.11. The molecule has 1 atom stereocenters. The van der Waals surface area contributed by atoms with Crippen LogP contribution in [0.25, 0.3) is 0 Å². The molecule has 0 bridgehead atoms. The predicted molar refractivity (Wildman–Crippen MR) is 78.2 cm³/mol. The SMILES string of the molecule is CC(N)c1cccc(NC(=O)N(C)Cc2ccco2)c1. The number of hydrogen-bond acceptors (Lipinski definition) is 3. The van der Waals surface area contributed by atoms with Gasteiger partial charge in [0.2, 0.25) is 0 Å². The van der Waals surface area contributed by atoms with E-state index < -0.39 is 0 Å². The zero-order valence-electron chi connectivity index (χ0n) is 11.7. The van der Waals surface area contributed by atoms with E-state index in [0.29, 0.717) is 6.54 Å². The van der Waals surface area contributed by atoms with E-state index in [1.807, 2.05) is 37.3 Å². The molecule has 0 aliphatic carbocycles. The topological polar surface area (TPSA) is 71.5 Å². The molecular formula is C15H19N3O2. The third-order valence-corrected chi connectivity index (χ3v) is 2.98. The number of anilines is 1. The second-order valence-corrected chi connectivity index (χ2v) is 4.78. The fourth-order valence-corrected chi connectivity index (χ4v) is 1.83. The van der Waals surface area contributed by atoms with Gasteiger partial charge in [0, 0.05) is 18.8 Å². The molecule has 1 aromatic carbocycles. The van der Waals surface area contributed by atoms with Crippen LogP contribution >= 0.6 is 0 Å². The van der Waals surface area contributed by atoms with Crippen LogP contribution in [-0.2, 0) is 6.54 Å². The van der Waals surface area contributed by atoms with E-state index in [1.54, 1.807) is 24.3 Å². The molecule has 3 N–H and O–H groups in total. The number of hydrogen-bond donors (Lipinski definition) is 2. The highest BCUT2D eigenvalue weighted by atomic mass is 16.3. The van der Waals surface area contributed by atoms with Crippen LogP contribution in [0.15, 0.2) is 47.1 Å². The Hall–Kier alpha value is -2.27. The molecule has 0 saturated carbocycles. The summed E-state index contributed by atoms with van der Waals surface area (Å²) in [6.07, 6.45) is 1.59. The number of benzene rings is 1. The standard InChI is InChI=1S/C15H19N3O2/c1-11(16)12-5-3-6-13(9-12)17-15(19)18(2)10-14-7-4-8-20-14/h3-9,11H,10,16H2,1-2H3,(H,17,19). The molecule has 20 heavy (non-hydrogen) atoms. The lowest BCUT2D eigenvalue weighted by molar-refractivity contribution is 0.217. The van der Waals surface area contributed by atoms with Gasteiger partial charge in [0.05, 0.1) is 12.8 Å². The highest BCUT2D eigenvalue weighted by Crippen LogP contribution is 2.16. The Morgan fingerprint density at radius 1 is 1.40 bits per heavy atom. The smallest absolute Gasteiger partial charge is 0.321 e. The molecule has 2 amide bonds. The summed E-state index contributed by atoms with van der Waals surface area (Å²) in [5.74, 6) is 0.743. The fraction of sp³-hybridized carbons (Fsp3) is 0.267. The van der Waals surface area contributed by atoms with E-state index >= 15 is 0 Å². The van der Waals surface area contributed by atoms with Gasteiger partial charge in [-0.25, -0.2) is 4.79 Å². The van der Waals surface area contributed by atoms with Gasteiger partial charge in [0.25, 0.3) is 0 Å². The van der Waals surface area contributed by atoms with Crippen LogP contribution in [0, 0.1) is 0 Å². The number of urea groups is 1. The average Bonchev–Trinajstić information content (AvgIpc) is 2.91. The molecule has 0 aliphatic heterocycles. The van der Waals surface area contributed by atoms with Gasteiger partial charge in [-0.05, 0) is 36.8 Å². The van der Waals surface area contributed by atoms with E-state index in [2.05, 4.69) is 5.32 Å². The summed E-state index contributed by atoms with van der Waals surface area (Å²) in [5.41, 5.74) is 7.54. The van der Waals surface area contributed by atoms with E-state index in [0.717, 1.165) is 17.0 Å². The molecule has 106 valence electrons. The average molecular weight is 273 g/mol. The summed E-state index contributed by atoms with van der Waals surface area (Å²) >= 11 is 0. The predicted octanol–water partition coefficient (Wildman–Crippen LogP) is 2.96. The van der Waals surface area contributed by atoms with Crippen LogP contribution < -0.4 is 11.1 Å². The zero-order chi connectivity index (χ0) is 14.5. The van der Waals surface area contributed by atoms with Crippen molar-refractivity contribution in [3.8, 4) is 0 Å². The molecule has 1 unspecified atom stereocenters. The van der Waals surface area contributed by atoms with Crippen molar-refractivity contribution in [1.29, 1.82) is 0 Å². The Labute approximate surface area is 118 Å². The summed E-state index contributed by atoms with van der Waals surface area (Å²) in [6, 6.07) is 10.9. The normalized spacial score (nSPS) is 11.9. The van der Waals surface area contributed by atoms with Crippen molar-refractivity contribution in [2.45, 2.75) is 19.5 Å². The van der Waals surface area contributed by atoms with Crippen molar-refractivity contribution in [2.24, 2.45) is 5.73 Å². The van der Waals surface area contributed by atoms with E-state index in [1.165, 1.54) is 0 Å². The quantitative estimate of drug-likeness (QED) is 0.899. The van der Waals surface area contributed by atoms with Crippen molar-refractivity contribution in [1.82, 2.24) is 4.90 Å². The molecule has 5 heteroatoms. The van der Waals surface area contributed by atoms with Gasteiger partial charge >= 0.3 is 6.03 Å². The highest BCUT2D eigenvalue weighted by molar-refractivity contribution is 5.89. The van der Waals surface area contributed by atoms with Crippen LogP contribution in [0.2, 0.25) is 0 Å². The largest absolute Gasteiger partial charge is 0.467 e. The van der Waals surface area contributed by atoms with Gasteiger partial charge in [0.15, 0.2) is 0 Å². The molecule has 1 heterocycles. The van der Waals surface area contributed by atoms with Crippen LogP contribution in [0.4, 0.5) is 10.5 Å². The van der Waals surface area contributed by atoms with Gasteiger partial charge in [-0.15, -0.1) is 0 Å². The lowest BCUT2D eigenvalue weighted by atomic mass is 10.1. The van der Waals surface area contributed by atoms with Gasteiger partial charge < -0.3 is 20.4 Å². The minimum absolute atomic E-state index is 0.0623. The molecule has 1 aromatic heterocycles. The number of nitrogens with two attached hydrogens (primary N) is 1. The lowest BCUT2D eigenvalue weighted by Crippen LogP contribution is -2.30. The maximum absolute atomic E-state index is 12.1. The number of furan rings is 1. The molecule has 2 rings (SSSR count). The number of carbonyl (C=O) groups excluding carboxylic acids is 1. The molecule has 0 fully saturated rings. The molecular weight excluding hydrogens is 254 g/mol. The Morgan fingerprint density at radius 3 is 2.85 bits per heavy atom. The van der Waals surface area contributed by atoms with Crippen LogP contribution in [-0.4, -0.2) is 18.0 Å². The monoisotopic (exact) mass is 273 g/mol. The van der Waals surface area contributed by atoms with Gasteiger partial charge in [0.1, 0.15) is 5.76 Å². The van der Waals surface area contributed by atoms with Crippen LogP contribution in [0.1, 0.15) is 24.3 Å². The third kappa shape index (κ3) is 3.61. The number of nitrogens with one attached hydrogen (secondary N) is 1. The van der Waals surface area contributed by atoms with Crippen LogP contribution in [0.3, 0.4) is 0 Å². The number of nitrogens with zero attached hydrogens (tertiary/aromatic N) is 1. The summed E-state index contributed by atoms with van der Waals surface area (Å²) in [7, 11) is 1.72. The minimum atomic E-state index is -0.191. The molecule has 2 aromatic rings. The summed E-state index contributed by atoms with van der Waals surface area (Å²) in [4.78, 5) is 13.6. The van der Waals surface area contributed by atoms with E-state index in [9.17, 15) is 4.79 Å². The van der Waals surface area contributed by atoms with E-state index in [-0.39, 0.29) is 12.1 Å². The first kappa shape index (κ1) is 14.1. The Bertz CT molecular complexity index is 564. The molecule has 0 radical (unpaired) electrons. The van der Waals surface area contributed by atoms with E-state index in [4.69, 9.17) is 10.2 Å². The first-order valence-corrected chi connectivity index (χ1v) is 6.46. The number of amides is 2. The summed E-state index contributed by atoms with van der Waals surface area (Å²) in [6.45, 7) is 2.33. The molecule has 0 aliphatic rings.